The Bertz CT molecular complexity index is 1500. The highest BCUT2D eigenvalue weighted by molar-refractivity contribution is 7.89. The summed E-state index contributed by atoms with van der Waals surface area (Å²) in [5.41, 5.74) is 3.59. The zero-order valence-electron chi connectivity index (χ0n) is 18.6. The fraction of sp³-hybridized carbons (Fsp3) is 0.182. The van der Waals surface area contributed by atoms with Crippen molar-refractivity contribution in [2.75, 3.05) is 7.11 Å². The number of para-hydroxylation sites is 1. The molecular weight excluding hydrogens is 480 g/mol. The van der Waals surface area contributed by atoms with E-state index < -0.39 is 48.2 Å². The van der Waals surface area contributed by atoms with Crippen molar-refractivity contribution in [3.05, 3.63) is 86.3 Å². The van der Waals surface area contributed by atoms with Crippen LogP contribution in [0.5, 0.6) is 0 Å². The van der Waals surface area contributed by atoms with Crippen LogP contribution in [0.15, 0.2) is 59.7 Å². The van der Waals surface area contributed by atoms with Gasteiger partial charge in [0.25, 0.3) is 11.4 Å². The molecule has 3 rings (SSSR count). The van der Waals surface area contributed by atoms with Gasteiger partial charge in [0, 0.05) is 29.0 Å². The Morgan fingerprint density at radius 3 is 2.49 bits per heavy atom. The van der Waals surface area contributed by atoms with E-state index in [1.165, 1.54) is 0 Å². The maximum atomic E-state index is 13.1. The Kier molecular flexibility index (Phi) is 7.15. The monoisotopic (exact) mass is 500 g/mol. The number of nitrogens with one attached hydrogen (secondary N) is 2. The third-order valence-electron chi connectivity index (χ3n) is 5.28. The molecule has 0 saturated carbocycles. The summed E-state index contributed by atoms with van der Waals surface area (Å²) < 4.78 is 33.1. The second kappa shape index (κ2) is 9.89. The first-order valence-electron chi connectivity index (χ1n) is 9.99. The second-order valence-electron chi connectivity index (χ2n) is 7.39. The smallest absolute Gasteiger partial charge is 0.324 e. The first-order chi connectivity index (χ1) is 16.5. The number of aromatic amines is 1. The van der Waals surface area contributed by atoms with Crippen molar-refractivity contribution in [3.8, 4) is 0 Å². The van der Waals surface area contributed by atoms with Crippen molar-refractivity contribution >= 4 is 43.8 Å². The third kappa shape index (κ3) is 5.11. The van der Waals surface area contributed by atoms with Crippen molar-refractivity contribution < 1.29 is 27.8 Å². The average molecular weight is 500 g/mol. The fourth-order valence-corrected chi connectivity index (χ4v) is 4.92. The van der Waals surface area contributed by atoms with Crippen molar-refractivity contribution in [2.45, 2.75) is 24.3 Å². The molecule has 12 nitrogen and oxygen atoms in total. The molecule has 2 N–H and O–H groups in total. The molecule has 0 aliphatic rings. The predicted molar refractivity (Wildman–Crippen MR) is 126 cm³/mol. The number of allylic oxidation sites excluding steroid dienone is 1. The number of nitro groups is 2. The first kappa shape index (κ1) is 25.3. The van der Waals surface area contributed by atoms with Crippen LogP contribution in [0.4, 0.5) is 11.4 Å². The number of rotatable bonds is 9. The summed E-state index contributed by atoms with van der Waals surface area (Å²) in [5, 5.41) is 23.1. The molecular formula is C22H20N4O8S. The van der Waals surface area contributed by atoms with Crippen LogP contribution in [0.25, 0.3) is 16.5 Å². The topological polar surface area (TPSA) is 175 Å². The van der Waals surface area contributed by atoms with E-state index in [1.807, 2.05) is 0 Å². The van der Waals surface area contributed by atoms with E-state index in [2.05, 4.69) is 22.0 Å². The van der Waals surface area contributed by atoms with Gasteiger partial charge in [0.05, 0.1) is 28.7 Å². The Morgan fingerprint density at radius 1 is 1.20 bits per heavy atom. The molecule has 0 aliphatic carbocycles. The summed E-state index contributed by atoms with van der Waals surface area (Å²) in [6.07, 6.45) is -0.176. The standard InChI is InChI=1S/C22H20N4O8S/c1-4-13(2)21-16(15-7-5-6-8-17(15)23-21)12-18(22(27)34-3)24-35(32,33)20-10-9-14(25(28)29)11-19(20)26(30)31/h5-11,18,23-24H,1,12H2,2-3H3/t18-/m0/s1. The minimum absolute atomic E-state index is 0.176. The van der Waals surface area contributed by atoms with E-state index >= 15 is 0 Å². The van der Waals surface area contributed by atoms with Gasteiger partial charge in [-0.1, -0.05) is 24.8 Å². The zero-order valence-corrected chi connectivity index (χ0v) is 19.4. The summed E-state index contributed by atoms with van der Waals surface area (Å²) in [6.45, 7) is 5.36. The predicted octanol–water partition coefficient (Wildman–Crippen LogP) is 3.24. The van der Waals surface area contributed by atoms with Gasteiger partial charge >= 0.3 is 5.97 Å². The van der Waals surface area contributed by atoms with E-state index in [0.29, 0.717) is 28.3 Å². The summed E-state index contributed by atoms with van der Waals surface area (Å²) in [5.74, 6) is -0.936. The number of benzene rings is 2. The molecule has 35 heavy (non-hydrogen) atoms. The fourth-order valence-electron chi connectivity index (χ4n) is 3.58. The Labute approximate surface area is 199 Å². The largest absolute Gasteiger partial charge is 0.468 e. The molecule has 0 amide bonds. The lowest BCUT2D eigenvalue weighted by Gasteiger charge is -2.17. The minimum Gasteiger partial charge on any atom is -0.468 e. The van der Waals surface area contributed by atoms with Gasteiger partial charge in [-0.05, 0) is 24.6 Å². The first-order valence-corrected chi connectivity index (χ1v) is 11.5. The van der Waals surface area contributed by atoms with Gasteiger partial charge in [-0.15, -0.1) is 5.73 Å². The molecule has 13 heteroatoms. The van der Waals surface area contributed by atoms with E-state index in [9.17, 15) is 33.4 Å². The van der Waals surface area contributed by atoms with Crippen LogP contribution in [0.3, 0.4) is 0 Å². The molecule has 1 heterocycles. The Hall–Kier alpha value is -4.32. The van der Waals surface area contributed by atoms with Gasteiger partial charge < -0.3 is 9.72 Å². The SMILES string of the molecule is C=C=C(C)c1[nH]c2ccccc2c1C[C@H](NS(=O)(=O)c1ccc([N+](=O)[O-])cc1[N+](=O)[O-])C(=O)OC. The number of aromatic nitrogens is 1. The number of sulfonamides is 1. The van der Waals surface area contributed by atoms with E-state index in [0.717, 1.165) is 24.8 Å². The number of esters is 1. The molecule has 0 unspecified atom stereocenters. The maximum absolute atomic E-state index is 13.1. The van der Waals surface area contributed by atoms with E-state index in [4.69, 9.17) is 4.74 Å². The van der Waals surface area contributed by atoms with Crippen LogP contribution < -0.4 is 4.72 Å². The number of ether oxygens (including phenoxy) is 1. The lowest BCUT2D eigenvalue weighted by atomic mass is 10.00. The second-order valence-corrected chi connectivity index (χ2v) is 9.08. The molecule has 0 spiro atoms. The van der Waals surface area contributed by atoms with E-state index in [-0.39, 0.29) is 6.42 Å². The van der Waals surface area contributed by atoms with Crippen molar-refractivity contribution in [1.29, 1.82) is 0 Å². The number of nitro benzene ring substituents is 2. The van der Waals surface area contributed by atoms with Crippen LogP contribution in [0.1, 0.15) is 18.2 Å². The molecule has 0 radical (unpaired) electrons. The number of hydrogen-bond donors (Lipinski definition) is 2. The summed E-state index contributed by atoms with van der Waals surface area (Å²) >= 11 is 0. The van der Waals surface area contributed by atoms with E-state index in [1.54, 1.807) is 31.2 Å². The van der Waals surface area contributed by atoms with Crippen LogP contribution in [0, 0.1) is 20.2 Å². The number of non-ortho nitro benzene ring substituents is 1. The normalized spacial score (nSPS) is 12.1. The highest BCUT2D eigenvalue weighted by Gasteiger charge is 2.34. The molecule has 2 aromatic carbocycles. The van der Waals surface area contributed by atoms with Gasteiger partial charge in [-0.2, -0.15) is 4.72 Å². The quantitative estimate of drug-likeness (QED) is 0.195. The lowest BCUT2D eigenvalue weighted by Crippen LogP contribution is -2.43. The number of nitrogens with zero attached hydrogens (tertiary/aromatic N) is 2. The molecule has 0 aliphatic heterocycles. The summed E-state index contributed by atoms with van der Waals surface area (Å²) in [6, 6.07) is 7.79. The molecule has 182 valence electrons. The molecule has 0 fully saturated rings. The molecule has 1 atom stereocenters. The van der Waals surface area contributed by atoms with Gasteiger partial charge in [0.1, 0.15) is 6.04 Å². The number of carbonyl (C=O) groups excluding carboxylic acids is 1. The number of fused-ring (bicyclic) bond motifs is 1. The number of carbonyl (C=O) groups is 1. The minimum atomic E-state index is -4.69. The zero-order chi connectivity index (χ0) is 25.9. The molecule has 0 bridgehead atoms. The van der Waals surface area contributed by atoms with Crippen molar-refractivity contribution in [3.63, 3.8) is 0 Å². The summed E-state index contributed by atoms with van der Waals surface area (Å²) in [4.78, 5) is 35.4. The third-order valence-corrected chi connectivity index (χ3v) is 6.80. The number of H-pyrrole nitrogens is 1. The number of hydrogen-bond acceptors (Lipinski definition) is 8. The molecule has 3 aromatic rings. The van der Waals surface area contributed by atoms with Gasteiger partial charge in [-0.25, -0.2) is 8.42 Å². The van der Waals surface area contributed by atoms with Crippen LogP contribution in [-0.4, -0.2) is 42.4 Å². The maximum Gasteiger partial charge on any atom is 0.324 e. The van der Waals surface area contributed by atoms with Crippen LogP contribution in [0.2, 0.25) is 0 Å². The number of methoxy groups -OCH3 is 1. The molecule has 1 aromatic heterocycles. The van der Waals surface area contributed by atoms with Gasteiger partial charge in [0.2, 0.25) is 10.0 Å². The lowest BCUT2D eigenvalue weighted by molar-refractivity contribution is -0.396. The molecule has 0 saturated heterocycles. The van der Waals surface area contributed by atoms with Crippen LogP contribution in [-0.2, 0) is 26.0 Å². The van der Waals surface area contributed by atoms with Crippen molar-refractivity contribution in [1.82, 2.24) is 9.71 Å². The van der Waals surface area contributed by atoms with Gasteiger partial charge in [-0.3, -0.25) is 25.0 Å². The summed E-state index contributed by atoms with van der Waals surface area (Å²) in [7, 11) is -3.62. The Balaban J connectivity index is 2.09. The Morgan fingerprint density at radius 2 is 1.89 bits per heavy atom. The highest BCUT2D eigenvalue weighted by atomic mass is 32.2. The van der Waals surface area contributed by atoms with Crippen LogP contribution >= 0.6 is 0 Å². The van der Waals surface area contributed by atoms with Crippen molar-refractivity contribution in [2.24, 2.45) is 0 Å². The van der Waals surface area contributed by atoms with Gasteiger partial charge in [0.15, 0.2) is 4.90 Å². The average Bonchev–Trinajstić information content (AvgIpc) is 3.20. The highest BCUT2D eigenvalue weighted by Crippen LogP contribution is 2.31.